The van der Waals surface area contributed by atoms with Crippen molar-refractivity contribution in [3.8, 4) is 0 Å². The van der Waals surface area contributed by atoms with Gasteiger partial charge in [-0.25, -0.2) is 0 Å². The highest BCUT2D eigenvalue weighted by Crippen LogP contribution is 2.28. The predicted octanol–water partition coefficient (Wildman–Crippen LogP) is 0.651. The van der Waals surface area contributed by atoms with Gasteiger partial charge in [0, 0.05) is 26.3 Å². The molecule has 3 unspecified atom stereocenters. The standard InChI is InChI=1S/C12H24N2O2/c1-10-12(8-13,5-7-15-10)14-9-11(2)4-3-6-16-11/h10,14H,3-9,13H2,1-2H3. The minimum Gasteiger partial charge on any atom is -0.376 e. The summed E-state index contributed by atoms with van der Waals surface area (Å²) in [6, 6.07) is 0. The Balaban J connectivity index is 1.92. The summed E-state index contributed by atoms with van der Waals surface area (Å²) >= 11 is 0. The molecule has 0 aromatic heterocycles. The monoisotopic (exact) mass is 228 g/mol. The first-order valence-corrected chi connectivity index (χ1v) is 6.31. The largest absolute Gasteiger partial charge is 0.376 e. The van der Waals surface area contributed by atoms with Crippen LogP contribution in [0.3, 0.4) is 0 Å². The normalized spacial score (nSPS) is 44.1. The van der Waals surface area contributed by atoms with E-state index in [2.05, 4.69) is 19.2 Å². The van der Waals surface area contributed by atoms with Crippen LogP contribution in [0, 0.1) is 0 Å². The molecule has 2 aliphatic heterocycles. The molecule has 2 aliphatic rings. The van der Waals surface area contributed by atoms with Crippen molar-refractivity contribution in [2.24, 2.45) is 5.73 Å². The zero-order chi connectivity index (χ0) is 11.6. The summed E-state index contributed by atoms with van der Waals surface area (Å²) in [4.78, 5) is 0. The third-order valence-electron chi connectivity index (χ3n) is 4.17. The van der Waals surface area contributed by atoms with Gasteiger partial charge in [0.15, 0.2) is 0 Å². The van der Waals surface area contributed by atoms with Crippen molar-refractivity contribution in [2.45, 2.75) is 50.4 Å². The average molecular weight is 228 g/mol. The van der Waals surface area contributed by atoms with Gasteiger partial charge in [0.1, 0.15) is 0 Å². The molecule has 2 fully saturated rings. The molecule has 0 amide bonds. The molecule has 3 N–H and O–H groups in total. The van der Waals surface area contributed by atoms with Gasteiger partial charge in [-0.05, 0) is 33.1 Å². The lowest BCUT2D eigenvalue weighted by atomic mass is 9.90. The molecule has 0 aromatic carbocycles. The van der Waals surface area contributed by atoms with E-state index in [1.54, 1.807) is 0 Å². The summed E-state index contributed by atoms with van der Waals surface area (Å²) in [5.74, 6) is 0. The maximum absolute atomic E-state index is 5.90. The zero-order valence-corrected chi connectivity index (χ0v) is 10.4. The van der Waals surface area contributed by atoms with Crippen LogP contribution < -0.4 is 11.1 Å². The molecule has 0 radical (unpaired) electrons. The molecule has 0 bridgehead atoms. The first-order valence-electron chi connectivity index (χ1n) is 6.31. The molecule has 0 aromatic rings. The minimum atomic E-state index is -0.0467. The van der Waals surface area contributed by atoms with Crippen molar-refractivity contribution in [1.82, 2.24) is 5.32 Å². The van der Waals surface area contributed by atoms with E-state index in [0.29, 0.717) is 6.54 Å². The molecule has 2 rings (SSSR count). The summed E-state index contributed by atoms with van der Waals surface area (Å²) in [7, 11) is 0. The third kappa shape index (κ3) is 2.25. The van der Waals surface area contributed by atoms with Crippen molar-refractivity contribution in [1.29, 1.82) is 0 Å². The van der Waals surface area contributed by atoms with Crippen molar-refractivity contribution >= 4 is 0 Å². The van der Waals surface area contributed by atoms with Crippen molar-refractivity contribution in [3.63, 3.8) is 0 Å². The van der Waals surface area contributed by atoms with Gasteiger partial charge < -0.3 is 20.5 Å². The van der Waals surface area contributed by atoms with Gasteiger partial charge in [-0.1, -0.05) is 0 Å². The number of hydrogen-bond acceptors (Lipinski definition) is 4. The molecule has 2 saturated heterocycles. The fourth-order valence-corrected chi connectivity index (χ4v) is 2.69. The Kier molecular flexibility index (Phi) is 3.54. The van der Waals surface area contributed by atoms with Crippen LogP contribution in [0.4, 0.5) is 0 Å². The number of rotatable bonds is 4. The van der Waals surface area contributed by atoms with E-state index in [-0.39, 0.29) is 17.2 Å². The van der Waals surface area contributed by atoms with Crippen LogP contribution in [0.25, 0.3) is 0 Å². The Morgan fingerprint density at radius 1 is 1.38 bits per heavy atom. The van der Waals surface area contributed by atoms with E-state index in [0.717, 1.165) is 32.6 Å². The van der Waals surface area contributed by atoms with E-state index in [4.69, 9.17) is 15.2 Å². The van der Waals surface area contributed by atoms with Gasteiger partial charge in [0.25, 0.3) is 0 Å². The number of nitrogens with one attached hydrogen (secondary N) is 1. The molecule has 0 saturated carbocycles. The van der Waals surface area contributed by atoms with Crippen LogP contribution in [0.1, 0.15) is 33.1 Å². The molecular formula is C12H24N2O2. The van der Waals surface area contributed by atoms with Crippen LogP contribution >= 0.6 is 0 Å². The minimum absolute atomic E-state index is 0.00944. The topological polar surface area (TPSA) is 56.5 Å². The molecule has 0 spiro atoms. The molecule has 4 heteroatoms. The van der Waals surface area contributed by atoms with Crippen LogP contribution in [-0.4, -0.2) is 43.5 Å². The maximum Gasteiger partial charge on any atom is 0.0779 e. The Bertz CT molecular complexity index is 241. The highest BCUT2D eigenvalue weighted by Gasteiger charge is 2.42. The van der Waals surface area contributed by atoms with Crippen LogP contribution in [0.2, 0.25) is 0 Å². The first kappa shape index (κ1) is 12.3. The summed E-state index contributed by atoms with van der Waals surface area (Å²) in [6.07, 6.45) is 3.50. The lowest BCUT2D eigenvalue weighted by molar-refractivity contribution is 0.00801. The fourth-order valence-electron chi connectivity index (χ4n) is 2.69. The highest BCUT2D eigenvalue weighted by molar-refractivity contribution is 5.00. The Labute approximate surface area is 97.9 Å². The SMILES string of the molecule is CC1OCCC1(CN)NCC1(C)CCCO1. The van der Waals surface area contributed by atoms with Crippen LogP contribution in [0.15, 0.2) is 0 Å². The molecule has 94 valence electrons. The van der Waals surface area contributed by atoms with Crippen molar-refractivity contribution in [3.05, 3.63) is 0 Å². The van der Waals surface area contributed by atoms with Crippen molar-refractivity contribution < 1.29 is 9.47 Å². The van der Waals surface area contributed by atoms with Gasteiger partial charge in [0.2, 0.25) is 0 Å². The lowest BCUT2D eigenvalue weighted by Crippen LogP contribution is -2.59. The second-order valence-electron chi connectivity index (χ2n) is 5.38. The number of nitrogens with two attached hydrogens (primary N) is 1. The van der Waals surface area contributed by atoms with Crippen molar-refractivity contribution in [2.75, 3.05) is 26.3 Å². The molecular weight excluding hydrogens is 204 g/mol. The summed E-state index contributed by atoms with van der Waals surface area (Å²) in [5.41, 5.74) is 5.85. The maximum atomic E-state index is 5.90. The molecule has 16 heavy (non-hydrogen) atoms. The third-order valence-corrected chi connectivity index (χ3v) is 4.17. The quantitative estimate of drug-likeness (QED) is 0.742. The molecule has 0 aliphatic carbocycles. The van der Waals surface area contributed by atoms with Gasteiger partial charge >= 0.3 is 0 Å². The number of ether oxygens (including phenoxy) is 2. The Hall–Kier alpha value is -0.160. The highest BCUT2D eigenvalue weighted by atomic mass is 16.5. The van der Waals surface area contributed by atoms with Gasteiger partial charge in [-0.2, -0.15) is 0 Å². The van der Waals surface area contributed by atoms with Crippen LogP contribution in [-0.2, 0) is 9.47 Å². The van der Waals surface area contributed by atoms with Gasteiger partial charge in [-0.15, -0.1) is 0 Å². The molecule has 3 atom stereocenters. The van der Waals surface area contributed by atoms with Gasteiger partial charge in [0.05, 0.1) is 17.2 Å². The average Bonchev–Trinajstić information content (AvgIpc) is 2.85. The summed E-state index contributed by atoms with van der Waals surface area (Å²) in [6.45, 7) is 7.48. The summed E-state index contributed by atoms with van der Waals surface area (Å²) in [5, 5.41) is 3.60. The van der Waals surface area contributed by atoms with E-state index in [1.165, 1.54) is 6.42 Å². The second-order valence-corrected chi connectivity index (χ2v) is 5.38. The molecule has 2 heterocycles. The van der Waals surface area contributed by atoms with Crippen LogP contribution in [0.5, 0.6) is 0 Å². The van der Waals surface area contributed by atoms with E-state index in [9.17, 15) is 0 Å². The smallest absolute Gasteiger partial charge is 0.0779 e. The van der Waals surface area contributed by atoms with E-state index < -0.39 is 0 Å². The van der Waals surface area contributed by atoms with Gasteiger partial charge in [-0.3, -0.25) is 0 Å². The zero-order valence-electron chi connectivity index (χ0n) is 10.4. The second kappa shape index (κ2) is 4.61. The van der Waals surface area contributed by atoms with E-state index >= 15 is 0 Å². The number of hydrogen-bond donors (Lipinski definition) is 2. The fraction of sp³-hybridized carbons (Fsp3) is 1.00. The Morgan fingerprint density at radius 2 is 2.19 bits per heavy atom. The lowest BCUT2D eigenvalue weighted by Gasteiger charge is -2.36. The summed E-state index contributed by atoms with van der Waals surface area (Å²) < 4.78 is 11.4. The predicted molar refractivity (Wildman–Crippen MR) is 63.4 cm³/mol. The van der Waals surface area contributed by atoms with E-state index in [1.807, 2.05) is 0 Å². The molecule has 4 nitrogen and oxygen atoms in total. The Morgan fingerprint density at radius 3 is 2.69 bits per heavy atom. The first-order chi connectivity index (χ1) is 7.60.